The number of nitrogens with zero attached hydrogens (tertiary/aromatic N) is 1. The minimum absolute atomic E-state index is 0.0165. The second kappa shape index (κ2) is 7.97. The highest BCUT2D eigenvalue weighted by Crippen LogP contribution is 2.38. The van der Waals surface area contributed by atoms with Crippen molar-refractivity contribution in [2.24, 2.45) is 10.9 Å². The Morgan fingerprint density at radius 3 is 2.96 bits per heavy atom. The monoisotopic (exact) mass is 368 g/mol. The number of aliphatic hydroxyl groups is 2. The standard InChI is InChI=1S/C22H28N2O3/c1-14-22(26)21(24-9-7-15-5-3-2-4-6-15)18-11-19-17(12-20(18)27-14)16(13-25)8-10-23-19/h3,5-6,8,10-12,14,17,19,21-22,24-26H,2,4,7,9,13H2,1H3/t14?,17?,19?,21-,22-/m0/s1. The van der Waals surface area contributed by atoms with E-state index in [1.54, 1.807) is 6.21 Å². The van der Waals surface area contributed by atoms with E-state index in [9.17, 15) is 10.2 Å². The molecule has 1 fully saturated rings. The van der Waals surface area contributed by atoms with Crippen molar-refractivity contribution in [1.29, 1.82) is 0 Å². The van der Waals surface area contributed by atoms with Gasteiger partial charge >= 0.3 is 0 Å². The van der Waals surface area contributed by atoms with Crippen LogP contribution >= 0.6 is 0 Å². The Morgan fingerprint density at radius 2 is 2.19 bits per heavy atom. The van der Waals surface area contributed by atoms with E-state index in [1.165, 1.54) is 5.57 Å². The fourth-order valence-corrected chi connectivity index (χ4v) is 4.24. The van der Waals surface area contributed by atoms with Crippen molar-refractivity contribution < 1.29 is 14.9 Å². The Hall–Kier alpha value is -1.95. The van der Waals surface area contributed by atoms with Crippen LogP contribution in [0.15, 0.2) is 63.9 Å². The molecule has 0 aromatic carbocycles. The largest absolute Gasteiger partial charge is 0.488 e. The van der Waals surface area contributed by atoms with Crippen LogP contribution in [0.2, 0.25) is 0 Å². The maximum atomic E-state index is 10.7. The molecule has 3 unspecified atom stereocenters. The molecule has 3 N–H and O–H groups in total. The van der Waals surface area contributed by atoms with Gasteiger partial charge in [0.25, 0.3) is 0 Å². The second-order valence-corrected chi connectivity index (χ2v) is 7.62. The number of ether oxygens (including phenoxy) is 1. The van der Waals surface area contributed by atoms with E-state index in [0.717, 1.165) is 42.7 Å². The first kappa shape index (κ1) is 18.4. The fourth-order valence-electron chi connectivity index (χ4n) is 4.24. The molecular weight excluding hydrogens is 340 g/mol. The number of fused-ring (bicyclic) bond motifs is 2. The van der Waals surface area contributed by atoms with Gasteiger partial charge in [-0.05, 0) is 50.5 Å². The van der Waals surface area contributed by atoms with Gasteiger partial charge in [0.2, 0.25) is 0 Å². The summed E-state index contributed by atoms with van der Waals surface area (Å²) in [4.78, 5) is 4.56. The minimum atomic E-state index is -0.610. The van der Waals surface area contributed by atoms with Crippen molar-refractivity contribution in [2.75, 3.05) is 13.2 Å². The third-order valence-electron chi connectivity index (χ3n) is 5.81. The van der Waals surface area contributed by atoms with Crippen LogP contribution in [0.3, 0.4) is 0 Å². The molecule has 144 valence electrons. The smallest absolute Gasteiger partial charge is 0.124 e. The van der Waals surface area contributed by atoms with E-state index >= 15 is 0 Å². The summed E-state index contributed by atoms with van der Waals surface area (Å²) in [6.45, 7) is 2.72. The topological polar surface area (TPSA) is 74.1 Å². The lowest BCUT2D eigenvalue weighted by Gasteiger charge is -2.41. The minimum Gasteiger partial charge on any atom is -0.488 e. The molecule has 0 bridgehead atoms. The average molecular weight is 368 g/mol. The number of dihydropyridines is 1. The van der Waals surface area contributed by atoms with Crippen LogP contribution in [0, 0.1) is 5.92 Å². The van der Waals surface area contributed by atoms with Gasteiger partial charge in [-0.25, -0.2) is 0 Å². The highest BCUT2D eigenvalue weighted by molar-refractivity contribution is 5.75. The maximum Gasteiger partial charge on any atom is 0.124 e. The van der Waals surface area contributed by atoms with Gasteiger partial charge < -0.3 is 20.3 Å². The zero-order chi connectivity index (χ0) is 18.8. The molecule has 0 aromatic heterocycles. The van der Waals surface area contributed by atoms with E-state index in [2.05, 4.69) is 40.7 Å². The van der Waals surface area contributed by atoms with Gasteiger partial charge in [0, 0.05) is 17.7 Å². The number of aliphatic hydroxyl groups excluding tert-OH is 2. The van der Waals surface area contributed by atoms with Crippen molar-refractivity contribution in [3.63, 3.8) is 0 Å². The third kappa shape index (κ3) is 3.72. The zero-order valence-corrected chi connectivity index (χ0v) is 15.7. The Kier molecular flexibility index (Phi) is 5.43. The summed E-state index contributed by atoms with van der Waals surface area (Å²) in [7, 11) is 0. The highest BCUT2D eigenvalue weighted by Gasteiger charge is 2.40. The fraction of sp³-hybridized carbons (Fsp3) is 0.500. The summed E-state index contributed by atoms with van der Waals surface area (Å²) in [5.74, 6) is 0.833. The van der Waals surface area contributed by atoms with E-state index in [1.807, 2.05) is 13.0 Å². The Labute approximate surface area is 160 Å². The molecule has 0 saturated carbocycles. The van der Waals surface area contributed by atoms with Crippen LogP contribution < -0.4 is 5.32 Å². The van der Waals surface area contributed by atoms with Crippen LogP contribution in [0.5, 0.6) is 0 Å². The molecule has 27 heavy (non-hydrogen) atoms. The first-order chi connectivity index (χ1) is 13.2. The Morgan fingerprint density at radius 1 is 1.30 bits per heavy atom. The molecular formula is C22H28N2O3. The van der Waals surface area contributed by atoms with Gasteiger partial charge in [-0.1, -0.05) is 29.9 Å². The molecule has 0 aromatic rings. The molecule has 1 saturated heterocycles. The summed E-state index contributed by atoms with van der Waals surface area (Å²) < 4.78 is 5.99. The third-order valence-corrected chi connectivity index (χ3v) is 5.81. The molecule has 4 rings (SSSR count). The van der Waals surface area contributed by atoms with E-state index in [0.29, 0.717) is 0 Å². The number of allylic oxidation sites excluding steroid dienone is 4. The van der Waals surface area contributed by atoms with Crippen molar-refractivity contribution in [3.05, 3.63) is 58.9 Å². The SMILES string of the molecule is CC1OC2=CC3C(CO)=CC=NC3C=C2[C@H](NCCC2=CCCC=C2)[C@H]1O. The average Bonchev–Trinajstić information content (AvgIpc) is 2.70. The van der Waals surface area contributed by atoms with Gasteiger partial charge in [0.05, 0.1) is 18.7 Å². The second-order valence-electron chi connectivity index (χ2n) is 7.62. The lowest BCUT2D eigenvalue weighted by atomic mass is 9.80. The molecule has 2 heterocycles. The molecule has 5 heteroatoms. The number of hydrogen-bond donors (Lipinski definition) is 3. The van der Waals surface area contributed by atoms with E-state index < -0.39 is 6.10 Å². The van der Waals surface area contributed by atoms with Gasteiger partial charge in [-0.2, -0.15) is 0 Å². The van der Waals surface area contributed by atoms with Crippen LogP contribution in [0.4, 0.5) is 0 Å². The van der Waals surface area contributed by atoms with Crippen LogP contribution in [0.1, 0.15) is 26.2 Å². The molecule has 0 radical (unpaired) electrons. The molecule has 2 aliphatic carbocycles. The van der Waals surface area contributed by atoms with Crippen LogP contribution in [-0.2, 0) is 4.74 Å². The quantitative estimate of drug-likeness (QED) is 0.696. The van der Waals surface area contributed by atoms with E-state index in [4.69, 9.17) is 4.74 Å². The van der Waals surface area contributed by atoms with Crippen molar-refractivity contribution in [2.45, 2.75) is 50.5 Å². The normalized spacial score (nSPS) is 34.6. The number of rotatable bonds is 5. The summed E-state index contributed by atoms with van der Waals surface area (Å²) in [6.07, 6.45) is 16.8. The van der Waals surface area contributed by atoms with Gasteiger partial charge in [0.15, 0.2) is 0 Å². The predicted molar refractivity (Wildman–Crippen MR) is 107 cm³/mol. The van der Waals surface area contributed by atoms with Crippen LogP contribution in [0.25, 0.3) is 0 Å². The lowest BCUT2D eigenvalue weighted by Crippen LogP contribution is -2.52. The number of hydrogen-bond acceptors (Lipinski definition) is 5. The molecule has 5 atom stereocenters. The summed E-state index contributed by atoms with van der Waals surface area (Å²) in [5, 5.41) is 23.9. The first-order valence-electron chi connectivity index (χ1n) is 9.88. The van der Waals surface area contributed by atoms with Gasteiger partial charge in [-0.15, -0.1) is 0 Å². The summed E-state index contributed by atoms with van der Waals surface area (Å²) in [5.41, 5.74) is 3.28. The number of aliphatic imine (C=N–C) groups is 1. The summed E-state index contributed by atoms with van der Waals surface area (Å²) >= 11 is 0. The Bertz CT molecular complexity index is 760. The van der Waals surface area contributed by atoms with Crippen molar-refractivity contribution in [1.82, 2.24) is 5.32 Å². The molecule has 0 amide bonds. The van der Waals surface area contributed by atoms with Gasteiger partial charge in [0.1, 0.15) is 18.0 Å². The molecule has 4 aliphatic rings. The van der Waals surface area contributed by atoms with Crippen molar-refractivity contribution in [3.8, 4) is 0 Å². The molecule has 2 aliphatic heterocycles. The Balaban J connectivity index is 1.51. The predicted octanol–water partition coefficient (Wildman–Crippen LogP) is 2.20. The summed E-state index contributed by atoms with van der Waals surface area (Å²) in [6, 6.07) is -0.221. The van der Waals surface area contributed by atoms with E-state index in [-0.39, 0.29) is 30.7 Å². The first-order valence-corrected chi connectivity index (χ1v) is 9.88. The molecule has 0 spiro atoms. The lowest BCUT2D eigenvalue weighted by molar-refractivity contribution is -0.0278. The zero-order valence-electron chi connectivity index (χ0n) is 15.7. The maximum absolute atomic E-state index is 10.7. The van der Waals surface area contributed by atoms with Crippen LogP contribution in [-0.4, -0.2) is 53.9 Å². The van der Waals surface area contributed by atoms with Crippen molar-refractivity contribution >= 4 is 6.21 Å². The number of nitrogens with one attached hydrogen (secondary N) is 1. The highest BCUT2D eigenvalue weighted by atomic mass is 16.5. The van der Waals surface area contributed by atoms with Gasteiger partial charge in [-0.3, -0.25) is 4.99 Å². The molecule has 5 nitrogen and oxygen atoms in total.